The Kier molecular flexibility index (Phi) is 7.16. The van der Waals surface area contributed by atoms with Crippen LogP contribution in [0.2, 0.25) is 0 Å². The van der Waals surface area contributed by atoms with Crippen LogP contribution in [0.5, 0.6) is 11.5 Å². The van der Waals surface area contributed by atoms with Crippen molar-refractivity contribution in [3.8, 4) is 11.5 Å². The molecule has 0 N–H and O–H groups in total. The maximum absolute atomic E-state index is 13.0. The van der Waals surface area contributed by atoms with Crippen LogP contribution in [0.4, 0.5) is 0 Å². The first kappa shape index (κ1) is 25.8. The fraction of sp³-hybridized carbons (Fsp3) is 0.517. The van der Waals surface area contributed by atoms with Crippen molar-refractivity contribution in [2.45, 2.75) is 91.8 Å². The summed E-state index contributed by atoms with van der Waals surface area (Å²) in [7, 11) is 0. The Hall–Kier alpha value is -2.82. The van der Waals surface area contributed by atoms with E-state index in [1.807, 2.05) is 18.2 Å². The first-order valence-electron chi connectivity index (χ1n) is 12.2. The summed E-state index contributed by atoms with van der Waals surface area (Å²) in [5, 5.41) is 0. The molecule has 184 valence electrons. The van der Waals surface area contributed by atoms with Gasteiger partial charge in [0.2, 0.25) is 0 Å². The maximum Gasteiger partial charge on any atom is 0.342 e. The Morgan fingerprint density at radius 1 is 0.971 bits per heavy atom. The fourth-order valence-corrected chi connectivity index (χ4v) is 4.28. The summed E-state index contributed by atoms with van der Waals surface area (Å²) < 4.78 is 17.5. The molecule has 0 saturated carbocycles. The molecule has 0 radical (unpaired) electrons. The number of benzene rings is 2. The Balaban J connectivity index is 1.94. The summed E-state index contributed by atoms with van der Waals surface area (Å²) in [6.07, 6.45) is 1.86. The predicted molar refractivity (Wildman–Crippen MR) is 134 cm³/mol. The number of fused-ring (bicyclic) bond motifs is 1. The molecule has 2 aromatic carbocycles. The minimum Gasteiger partial charge on any atom is -0.488 e. The summed E-state index contributed by atoms with van der Waals surface area (Å²) in [5.41, 5.74) is 0.928. The van der Waals surface area contributed by atoms with Crippen LogP contribution < -0.4 is 9.47 Å². The molecule has 1 unspecified atom stereocenters. The molecule has 5 heteroatoms. The molecule has 0 fully saturated rings. The van der Waals surface area contributed by atoms with Crippen molar-refractivity contribution >= 4 is 11.9 Å². The number of hydrogen-bond acceptors (Lipinski definition) is 5. The van der Waals surface area contributed by atoms with E-state index in [0.29, 0.717) is 6.42 Å². The second-order valence-corrected chi connectivity index (χ2v) is 10.8. The van der Waals surface area contributed by atoms with E-state index in [2.05, 4.69) is 46.8 Å². The molecule has 0 spiro atoms. The highest BCUT2D eigenvalue weighted by Gasteiger charge is 2.36. The zero-order valence-electron chi connectivity index (χ0n) is 21.8. The fourth-order valence-electron chi connectivity index (χ4n) is 4.28. The summed E-state index contributed by atoms with van der Waals surface area (Å²) in [6, 6.07) is 13.5. The van der Waals surface area contributed by atoms with Crippen molar-refractivity contribution in [2.75, 3.05) is 0 Å². The molecular weight excluding hydrogens is 428 g/mol. The quantitative estimate of drug-likeness (QED) is 0.344. The highest BCUT2D eigenvalue weighted by molar-refractivity contribution is 5.94. The van der Waals surface area contributed by atoms with E-state index in [1.165, 1.54) is 0 Å². The molecular formula is C29H38O5. The smallest absolute Gasteiger partial charge is 0.342 e. The van der Waals surface area contributed by atoms with Gasteiger partial charge >= 0.3 is 11.9 Å². The molecule has 0 aromatic heterocycles. The molecule has 0 bridgehead atoms. The van der Waals surface area contributed by atoms with E-state index in [4.69, 9.17) is 14.2 Å². The number of hydrogen-bond donors (Lipinski definition) is 0. The van der Waals surface area contributed by atoms with Crippen molar-refractivity contribution < 1.29 is 23.8 Å². The Morgan fingerprint density at radius 3 is 2.15 bits per heavy atom. The van der Waals surface area contributed by atoms with Gasteiger partial charge < -0.3 is 14.2 Å². The normalized spacial score (nSPS) is 18.6. The second kappa shape index (κ2) is 9.44. The van der Waals surface area contributed by atoms with Gasteiger partial charge in [0.25, 0.3) is 0 Å². The standard InChI is InChI=1S/C29H38O5/c1-9-29(8,10-2)34-22-14-11-20(12-15-22)28(6,7)21-13-16-24-23(17-21)25(30)32-19(3)18-27(4,5)26(31)33-24/h11-17,19H,9-10,18H2,1-8H3. The molecule has 5 nitrogen and oxygen atoms in total. The number of rotatable bonds is 6. The number of esters is 2. The first-order chi connectivity index (χ1) is 15.8. The van der Waals surface area contributed by atoms with E-state index in [0.717, 1.165) is 29.7 Å². The average molecular weight is 467 g/mol. The van der Waals surface area contributed by atoms with Crippen molar-refractivity contribution in [2.24, 2.45) is 5.41 Å². The zero-order chi connectivity index (χ0) is 25.3. The number of carbonyl (C=O) groups excluding carboxylic acids is 2. The highest BCUT2D eigenvalue weighted by Crippen LogP contribution is 2.37. The van der Waals surface area contributed by atoms with Gasteiger partial charge in [0.05, 0.1) is 5.41 Å². The van der Waals surface area contributed by atoms with Gasteiger partial charge in [0.15, 0.2) is 0 Å². The largest absolute Gasteiger partial charge is 0.488 e. The van der Waals surface area contributed by atoms with Gasteiger partial charge in [-0.05, 0) is 82.3 Å². The third-order valence-electron chi connectivity index (χ3n) is 7.22. The molecule has 2 aromatic rings. The van der Waals surface area contributed by atoms with Gasteiger partial charge in [-0.2, -0.15) is 0 Å². The van der Waals surface area contributed by atoms with Gasteiger partial charge in [0.1, 0.15) is 28.8 Å². The van der Waals surface area contributed by atoms with E-state index in [-0.39, 0.29) is 22.9 Å². The Bertz CT molecular complexity index is 1040. The van der Waals surface area contributed by atoms with Crippen LogP contribution in [0.15, 0.2) is 42.5 Å². The monoisotopic (exact) mass is 466 g/mol. The molecule has 1 heterocycles. The topological polar surface area (TPSA) is 61.8 Å². The molecule has 3 rings (SSSR count). The summed E-state index contributed by atoms with van der Waals surface area (Å²) in [6.45, 7) is 16.0. The van der Waals surface area contributed by atoms with Gasteiger partial charge in [0, 0.05) is 5.41 Å². The number of cyclic esters (lactones) is 1. The molecule has 1 atom stereocenters. The summed E-state index contributed by atoms with van der Waals surface area (Å²) in [4.78, 5) is 25.7. The first-order valence-corrected chi connectivity index (χ1v) is 12.2. The molecule has 0 saturated heterocycles. The van der Waals surface area contributed by atoms with Crippen LogP contribution in [0.3, 0.4) is 0 Å². The SMILES string of the molecule is CCC(C)(CC)Oc1ccc(C(C)(C)c2ccc3c(c2)C(=O)OC(C)CC(C)(C)C(=O)O3)cc1. The van der Waals surface area contributed by atoms with Crippen LogP contribution >= 0.6 is 0 Å². The molecule has 0 aliphatic carbocycles. The van der Waals surface area contributed by atoms with Gasteiger partial charge in [-0.3, -0.25) is 4.79 Å². The maximum atomic E-state index is 13.0. The highest BCUT2D eigenvalue weighted by atomic mass is 16.6. The summed E-state index contributed by atoms with van der Waals surface area (Å²) in [5.74, 6) is 0.228. The van der Waals surface area contributed by atoms with Crippen LogP contribution in [-0.4, -0.2) is 23.6 Å². The molecule has 0 amide bonds. The van der Waals surface area contributed by atoms with Gasteiger partial charge in [-0.1, -0.05) is 45.9 Å². The van der Waals surface area contributed by atoms with Crippen molar-refractivity contribution in [3.05, 3.63) is 59.2 Å². The third-order valence-corrected chi connectivity index (χ3v) is 7.22. The number of carbonyl (C=O) groups is 2. The average Bonchev–Trinajstić information content (AvgIpc) is 2.81. The lowest BCUT2D eigenvalue weighted by Crippen LogP contribution is -2.32. The minimum atomic E-state index is -0.755. The van der Waals surface area contributed by atoms with E-state index in [1.54, 1.807) is 32.9 Å². The third kappa shape index (κ3) is 5.29. The lowest BCUT2D eigenvalue weighted by Gasteiger charge is -2.30. The Morgan fingerprint density at radius 2 is 1.56 bits per heavy atom. The lowest BCUT2D eigenvalue weighted by molar-refractivity contribution is -0.145. The second-order valence-electron chi connectivity index (χ2n) is 10.8. The van der Waals surface area contributed by atoms with Crippen molar-refractivity contribution in [1.29, 1.82) is 0 Å². The van der Waals surface area contributed by atoms with Crippen LogP contribution in [0.25, 0.3) is 0 Å². The summed E-state index contributed by atoms with van der Waals surface area (Å²) >= 11 is 0. The Labute approximate surface area is 203 Å². The van der Waals surface area contributed by atoms with Crippen molar-refractivity contribution in [1.82, 2.24) is 0 Å². The van der Waals surface area contributed by atoms with Gasteiger partial charge in [-0.25, -0.2) is 4.79 Å². The lowest BCUT2D eigenvalue weighted by atomic mass is 9.77. The minimum absolute atomic E-state index is 0.186. The predicted octanol–water partition coefficient (Wildman–Crippen LogP) is 6.85. The van der Waals surface area contributed by atoms with Crippen LogP contribution in [-0.2, 0) is 14.9 Å². The van der Waals surface area contributed by atoms with E-state index >= 15 is 0 Å². The zero-order valence-corrected chi connectivity index (χ0v) is 21.8. The molecule has 34 heavy (non-hydrogen) atoms. The molecule has 1 aliphatic heterocycles. The van der Waals surface area contributed by atoms with Crippen molar-refractivity contribution in [3.63, 3.8) is 0 Å². The molecule has 1 aliphatic rings. The van der Waals surface area contributed by atoms with Crippen LogP contribution in [0.1, 0.15) is 96.1 Å². The van der Waals surface area contributed by atoms with Gasteiger partial charge in [-0.15, -0.1) is 0 Å². The van der Waals surface area contributed by atoms with Crippen LogP contribution in [0, 0.1) is 5.41 Å². The van der Waals surface area contributed by atoms with E-state index < -0.39 is 22.9 Å². The van der Waals surface area contributed by atoms with E-state index in [9.17, 15) is 9.59 Å². The number of ether oxygens (including phenoxy) is 3.